The first kappa shape index (κ1) is 17.8. The molecule has 1 saturated heterocycles. The summed E-state index contributed by atoms with van der Waals surface area (Å²) < 4.78 is 5.38. The van der Waals surface area contributed by atoms with Crippen LogP contribution in [-0.4, -0.2) is 46.2 Å². The fraction of sp³-hybridized carbons (Fsp3) is 0.261. The monoisotopic (exact) mass is 385 g/mol. The van der Waals surface area contributed by atoms with Gasteiger partial charge in [0.2, 0.25) is 0 Å². The van der Waals surface area contributed by atoms with Gasteiger partial charge in [0, 0.05) is 43.2 Å². The number of benzene rings is 2. The molecule has 1 aliphatic rings. The second kappa shape index (κ2) is 7.64. The normalized spacial score (nSPS) is 15.1. The number of anilines is 1. The summed E-state index contributed by atoms with van der Waals surface area (Å²) in [6.07, 6.45) is 0. The quantitative estimate of drug-likeness (QED) is 0.531. The molecule has 0 amide bonds. The lowest BCUT2D eigenvalue weighted by molar-refractivity contribution is 0.219. The summed E-state index contributed by atoms with van der Waals surface area (Å²) in [5.41, 5.74) is 2.95. The first-order chi connectivity index (χ1) is 14.3. The van der Waals surface area contributed by atoms with Crippen molar-refractivity contribution in [3.05, 3.63) is 72.1 Å². The smallest absolute Gasteiger partial charge is 0.162 e. The molecule has 2 aromatic heterocycles. The first-order valence-electron chi connectivity index (χ1n) is 9.98. The Labute approximate surface area is 169 Å². The average Bonchev–Trinajstić information content (AvgIpc) is 3.18. The Hall–Kier alpha value is -3.25. The summed E-state index contributed by atoms with van der Waals surface area (Å²) in [5.74, 6) is 2.72. The van der Waals surface area contributed by atoms with Crippen molar-refractivity contribution in [2.75, 3.05) is 31.1 Å². The minimum absolute atomic E-state index is 0.777. The third-order valence-corrected chi connectivity index (χ3v) is 5.34. The topological polar surface area (TPSA) is 58.3 Å². The van der Waals surface area contributed by atoms with Crippen molar-refractivity contribution in [1.29, 1.82) is 0 Å². The zero-order chi connectivity index (χ0) is 19.6. The van der Waals surface area contributed by atoms with Crippen molar-refractivity contribution < 1.29 is 4.52 Å². The van der Waals surface area contributed by atoms with Crippen LogP contribution in [0.2, 0.25) is 0 Å². The molecule has 0 radical (unpaired) electrons. The van der Waals surface area contributed by atoms with Gasteiger partial charge in [-0.3, -0.25) is 4.90 Å². The molecule has 6 nitrogen and oxygen atoms in total. The van der Waals surface area contributed by atoms with Gasteiger partial charge >= 0.3 is 0 Å². The number of para-hydroxylation sites is 1. The molecule has 146 valence electrons. The summed E-state index contributed by atoms with van der Waals surface area (Å²) >= 11 is 0. The SMILES string of the molecule is Cc1cc(CN2CCN(c3nc(-c4ccccc4)nc4ccccc34)CC2)on1. The van der Waals surface area contributed by atoms with Gasteiger partial charge in [0.25, 0.3) is 0 Å². The van der Waals surface area contributed by atoms with Crippen LogP contribution in [0.1, 0.15) is 11.5 Å². The van der Waals surface area contributed by atoms with Crippen molar-refractivity contribution in [2.24, 2.45) is 0 Å². The van der Waals surface area contributed by atoms with Gasteiger partial charge in [-0.15, -0.1) is 0 Å². The van der Waals surface area contributed by atoms with Crippen LogP contribution in [0, 0.1) is 6.92 Å². The molecule has 0 saturated carbocycles. The zero-order valence-corrected chi connectivity index (χ0v) is 16.5. The summed E-state index contributed by atoms with van der Waals surface area (Å²) in [6.45, 7) is 6.51. The third kappa shape index (κ3) is 3.71. The van der Waals surface area contributed by atoms with Gasteiger partial charge in [-0.25, -0.2) is 9.97 Å². The summed E-state index contributed by atoms with van der Waals surface area (Å²) in [7, 11) is 0. The Morgan fingerprint density at radius 2 is 1.66 bits per heavy atom. The lowest BCUT2D eigenvalue weighted by atomic mass is 10.1. The third-order valence-electron chi connectivity index (χ3n) is 5.34. The van der Waals surface area contributed by atoms with Gasteiger partial charge in [-0.1, -0.05) is 47.6 Å². The van der Waals surface area contributed by atoms with Gasteiger partial charge in [0.15, 0.2) is 11.6 Å². The Morgan fingerprint density at radius 3 is 2.41 bits per heavy atom. The predicted molar refractivity (Wildman–Crippen MR) is 114 cm³/mol. The van der Waals surface area contributed by atoms with E-state index in [-0.39, 0.29) is 0 Å². The second-order valence-electron chi connectivity index (χ2n) is 7.45. The Morgan fingerprint density at radius 1 is 0.897 bits per heavy atom. The Kier molecular flexibility index (Phi) is 4.69. The van der Waals surface area contributed by atoms with Crippen LogP contribution in [0.3, 0.4) is 0 Å². The number of nitrogens with zero attached hydrogens (tertiary/aromatic N) is 5. The molecule has 0 unspecified atom stereocenters. The largest absolute Gasteiger partial charge is 0.360 e. The Balaban J connectivity index is 1.41. The van der Waals surface area contributed by atoms with E-state index in [1.807, 2.05) is 37.3 Å². The van der Waals surface area contributed by atoms with Crippen LogP contribution in [0.5, 0.6) is 0 Å². The molecule has 0 N–H and O–H groups in total. The van der Waals surface area contributed by atoms with E-state index in [0.29, 0.717) is 0 Å². The lowest BCUT2D eigenvalue weighted by Gasteiger charge is -2.35. The van der Waals surface area contributed by atoms with E-state index in [4.69, 9.17) is 14.5 Å². The fourth-order valence-corrected chi connectivity index (χ4v) is 3.85. The summed E-state index contributed by atoms with van der Waals surface area (Å²) in [6, 6.07) is 20.5. The standard InChI is InChI=1S/C23H23N5O/c1-17-15-19(29-26-17)16-27-11-13-28(14-12-27)23-20-9-5-6-10-21(20)24-22(25-23)18-7-3-2-4-8-18/h2-10,15H,11-14,16H2,1H3. The van der Waals surface area contributed by atoms with Crippen LogP contribution < -0.4 is 4.90 Å². The number of aromatic nitrogens is 3. The van der Waals surface area contributed by atoms with E-state index in [1.54, 1.807) is 0 Å². The van der Waals surface area contributed by atoms with Crippen molar-refractivity contribution in [2.45, 2.75) is 13.5 Å². The maximum Gasteiger partial charge on any atom is 0.162 e. The molecule has 5 rings (SSSR count). The molecule has 2 aromatic carbocycles. The fourth-order valence-electron chi connectivity index (χ4n) is 3.85. The zero-order valence-electron chi connectivity index (χ0n) is 16.5. The van der Waals surface area contributed by atoms with Crippen molar-refractivity contribution >= 4 is 16.7 Å². The van der Waals surface area contributed by atoms with Crippen molar-refractivity contribution in [3.8, 4) is 11.4 Å². The van der Waals surface area contributed by atoms with Crippen LogP contribution in [-0.2, 0) is 6.54 Å². The van der Waals surface area contributed by atoms with Crippen LogP contribution in [0.4, 0.5) is 5.82 Å². The molecule has 0 aliphatic carbocycles. The minimum atomic E-state index is 0.777. The molecule has 4 aromatic rings. The van der Waals surface area contributed by atoms with Gasteiger partial charge < -0.3 is 9.42 Å². The minimum Gasteiger partial charge on any atom is -0.360 e. The number of hydrogen-bond acceptors (Lipinski definition) is 6. The Bertz CT molecular complexity index is 1120. The molecular formula is C23H23N5O. The van der Waals surface area contributed by atoms with Gasteiger partial charge in [-0.2, -0.15) is 0 Å². The maximum atomic E-state index is 5.38. The highest BCUT2D eigenvalue weighted by Gasteiger charge is 2.22. The van der Waals surface area contributed by atoms with Crippen LogP contribution in [0.25, 0.3) is 22.3 Å². The van der Waals surface area contributed by atoms with E-state index < -0.39 is 0 Å². The molecule has 0 spiro atoms. The summed E-state index contributed by atoms with van der Waals surface area (Å²) in [5, 5.41) is 5.09. The lowest BCUT2D eigenvalue weighted by Crippen LogP contribution is -2.46. The molecule has 3 heterocycles. The van der Waals surface area contributed by atoms with E-state index in [2.05, 4.69) is 45.3 Å². The molecule has 0 bridgehead atoms. The number of rotatable bonds is 4. The first-order valence-corrected chi connectivity index (χ1v) is 9.98. The molecule has 1 aliphatic heterocycles. The van der Waals surface area contributed by atoms with Crippen LogP contribution in [0.15, 0.2) is 65.2 Å². The number of aryl methyl sites for hydroxylation is 1. The second-order valence-corrected chi connectivity index (χ2v) is 7.45. The van der Waals surface area contributed by atoms with Gasteiger partial charge in [-0.05, 0) is 19.1 Å². The van der Waals surface area contributed by atoms with Crippen LogP contribution >= 0.6 is 0 Å². The maximum absolute atomic E-state index is 5.38. The van der Waals surface area contributed by atoms with E-state index in [9.17, 15) is 0 Å². The molecule has 1 fully saturated rings. The van der Waals surface area contributed by atoms with E-state index in [1.165, 1.54) is 0 Å². The van der Waals surface area contributed by atoms with E-state index in [0.717, 1.165) is 72.3 Å². The van der Waals surface area contributed by atoms with E-state index >= 15 is 0 Å². The predicted octanol–water partition coefficient (Wildman–Crippen LogP) is 3.92. The average molecular weight is 385 g/mol. The molecule has 6 heteroatoms. The molecule has 29 heavy (non-hydrogen) atoms. The highest BCUT2D eigenvalue weighted by Crippen LogP contribution is 2.28. The highest BCUT2D eigenvalue weighted by molar-refractivity contribution is 5.91. The number of piperazine rings is 1. The highest BCUT2D eigenvalue weighted by atomic mass is 16.5. The van der Waals surface area contributed by atoms with Gasteiger partial charge in [0.1, 0.15) is 5.82 Å². The van der Waals surface area contributed by atoms with Crippen molar-refractivity contribution in [1.82, 2.24) is 20.0 Å². The van der Waals surface area contributed by atoms with Gasteiger partial charge in [0.05, 0.1) is 17.8 Å². The molecule has 0 atom stereocenters. The number of hydrogen-bond donors (Lipinski definition) is 0. The van der Waals surface area contributed by atoms with Crippen molar-refractivity contribution in [3.63, 3.8) is 0 Å². The summed E-state index contributed by atoms with van der Waals surface area (Å²) in [4.78, 5) is 14.6. The molecular weight excluding hydrogens is 362 g/mol. The number of fused-ring (bicyclic) bond motifs is 1.